The third-order valence-corrected chi connectivity index (χ3v) is 3.34. The number of hydrogen-bond acceptors (Lipinski definition) is 3. The third kappa shape index (κ3) is 2.46. The molecule has 0 saturated carbocycles. The molecule has 15 heavy (non-hydrogen) atoms. The molecule has 2 aliphatic heterocycles. The maximum Gasteiger partial charge on any atom is 0.283 e. The predicted octanol–water partition coefficient (Wildman–Crippen LogP) is 1.05. The zero-order chi connectivity index (χ0) is 10.9. The molecule has 1 N–H and O–H groups in total. The number of likely N-dealkylation sites (tertiary alicyclic amines) is 1. The smallest absolute Gasteiger partial charge is 0.283 e. The molecule has 2 aliphatic rings. The maximum atomic E-state index is 12.9. The van der Waals surface area contributed by atoms with Crippen LogP contribution in [0.4, 0.5) is 8.78 Å². The van der Waals surface area contributed by atoms with E-state index in [4.69, 9.17) is 4.74 Å². The highest BCUT2D eigenvalue weighted by Crippen LogP contribution is 2.30. The molecular formula is C10H18F2N2O. The highest BCUT2D eigenvalue weighted by atomic mass is 19.3. The van der Waals surface area contributed by atoms with E-state index in [1.165, 1.54) is 0 Å². The molecule has 0 aromatic rings. The van der Waals surface area contributed by atoms with Gasteiger partial charge in [0.05, 0.1) is 6.54 Å². The number of hydrogen-bond donors (Lipinski definition) is 1. The molecule has 0 aliphatic carbocycles. The highest BCUT2D eigenvalue weighted by molar-refractivity contribution is 4.91. The van der Waals surface area contributed by atoms with Crippen molar-refractivity contribution in [3.63, 3.8) is 0 Å². The number of nitrogens with zero attached hydrogens (tertiary/aromatic N) is 1. The van der Waals surface area contributed by atoms with Crippen molar-refractivity contribution in [2.24, 2.45) is 0 Å². The van der Waals surface area contributed by atoms with Crippen molar-refractivity contribution in [1.29, 1.82) is 0 Å². The largest absolute Gasteiger partial charge is 0.354 e. The van der Waals surface area contributed by atoms with Gasteiger partial charge in [-0.25, -0.2) is 8.78 Å². The average molecular weight is 220 g/mol. The molecule has 3 nitrogen and oxygen atoms in total. The summed E-state index contributed by atoms with van der Waals surface area (Å²) in [5.41, 5.74) is -0.479. The zero-order valence-electron chi connectivity index (χ0n) is 9.06. The van der Waals surface area contributed by atoms with Crippen molar-refractivity contribution in [3.8, 4) is 0 Å². The fraction of sp³-hybridized carbons (Fsp3) is 1.00. The summed E-state index contributed by atoms with van der Waals surface area (Å²) < 4.78 is 31.1. The number of nitrogens with one attached hydrogen (secondary N) is 1. The Morgan fingerprint density at radius 1 is 1.33 bits per heavy atom. The molecular weight excluding hydrogens is 202 g/mol. The molecule has 0 unspecified atom stereocenters. The van der Waals surface area contributed by atoms with Crippen LogP contribution < -0.4 is 5.32 Å². The first kappa shape index (κ1) is 11.2. The molecule has 0 atom stereocenters. The summed E-state index contributed by atoms with van der Waals surface area (Å²) in [6, 6.07) is 0. The van der Waals surface area contributed by atoms with E-state index in [-0.39, 0.29) is 6.54 Å². The molecule has 1 spiro atoms. The quantitative estimate of drug-likeness (QED) is 0.715. The van der Waals surface area contributed by atoms with Crippen LogP contribution in [0.2, 0.25) is 0 Å². The monoisotopic (exact) mass is 220 g/mol. The van der Waals surface area contributed by atoms with Crippen molar-refractivity contribution in [3.05, 3.63) is 0 Å². The molecule has 2 rings (SSSR count). The predicted molar refractivity (Wildman–Crippen MR) is 53.0 cm³/mol. The van der Waals surface area contributed by atoms with E-state index in [0.29, 0.717) is 0 Å². The number of rotatable bonds is 1. The lowest BCUT2D eigenvalue weighted by atomic mass is 9.98. The van der Waals surface area contributed by atoms with Crippen molar-refractivity contribution in [2.75, 3.05) is 32.8 Å². The summed E-state index contributed by atoms with van der Waals surface area (Å²) in [5, 5.41) is 2.87. The Morgan fingerprint density at radius 3 is 2.47 bits per heavy atom. The minimum atomic E-state index is -2.70. The van der Waals surface area contributed by atoms with Crippen LogP contribution in [0, 0.1) is 0 Å². The number of halogens is 2. The van der Waals surface area contributed by atoms with Gasteiger partial charge in [-0.05, 0) is 6.54 Å². The van der Waals surface area contributed by atoms with Crippen molar-refractivity contribution in [2.45, 2.75) is 31.4 Å². The minimum Gasteiger partial charge on any atom is -0.354 e. The Bertz CT molecular complexity index is 215. The molecule has 0 radical (unpaired) electrons. The lowest BCUT2D eigenvalue weighted by Crippen LogP contribution is -2.62. The van der Waals surface area contributed by atoms with Crippen LogP contribution in [0.15, 0.2) is 0 Å². The molecule has 5 heteroatoms. The number of ether oxygens (including phenoxy) is 1. The summed E-state index contributed by atoms with van der Waals surface area (Å²) >= 11 is 0. The van der Waals surface area contributed by atoms with Gasteiger partial charge in [0, 0.05) is 25.9 Å². The molecule has 88 valence electrons. The minimum absolute atomic E-state index is 0.251. The van der Waals surface area contributed by atoms with Gasteiger partial charge in [-0.1, -0.05) is 6.92 Å². The van der Waals surface area contributed by atoms with Crippen LogP contribution in [-0.2, 0) is 4.74 Å². The lowest BCUT2D eigenvalue weighted by Gasteiger charge is -2.45. The van der Waals surface area contributed by atoms with Crippen LogP contribution in [0.3, 0.4) is 0 Å². The molecule has 2 fully saturated rings. The summed E-state index contributed by atoms with van der Waals surface area (Å²) in [5.74, 6) is -2.70. The van der Waals surface area contributed by atoms with Gasteiger partial charge in [0.1, 0.15) is 12.3 Å². The van der Waals surface area contributed by atoms with E-state index >= 15 is 0 Å². The SMILES string of the molecule is CCN1CCC2(CC1)NCC(F)(F)CO2. The Hall–Kier alpha value is -0.260. The van der Waals surface area contributed by atoms with Gasteiger partial charge in [0.2, 0.25) is 0 Å². The maximum absolute atomic E-state index is 12.9. The Kier molecular flexibility index (Phi) is 2.96. The summed E-state index contributed by atoms with van der Waals surface area (Å²) in [4.78, 5) is 2.31. The summed E-state index contributed by atoms with van der Waals surface area (Å²) in [7, 11) is 0. The van der Waals surface area contributed by atoms with Crippen LogP contribution in [0.25, 0.3) is 0 Å². The van der Waals surface area contributed by atoms with E-state index in [2.05, 4.69) is 17.1 Å². The van der Waals surface area contributed by atoms with Crippen molar-refractivity contribution < 1.29 is 13.5 Å². The first-order valence-corrected chi connectivity index (χ1v) is 5.54. The van der Waals surface area contributed by atoms with Crippen LogP contribution in [0.1, 0.15) is 19.8 Å². The fourth-order valence-electron chi connectivity index (χ4n) is 2.19. The Morgan fingerprint density at radius 2 is 2.00 bits per heavy atom. The van der Waals surface area contributed by atoms with Crippen LogP contribution in [-0.4, -0.2) is 49.3 Å². The molecule has 2 saturated heterocycles. The summed E-state index contributed by atoms with van der Waals surface area (Å²) in [6.45, 7) is 4.29. The number of piperidine rings is 1. The van der Waals surface area contributed by atoms with E-state index in [1.807, 2.05) is 0 Å². The second-order valence-corrected chi connectivity index (χ2v) is 4.43. The Labute approximate surface area is 88.8 Å². The second kappa shape index (κ2) is 3.96. The number of alkyl halides is 2. The molecule has 0 aromatic heterocycles. The Balaban J connectivity index is 1.89. The van der Waals surface area contributed by atoms with Crippen LogP contribution >= 0.6 is 0 Å². The normalized spacial score (nSPS) is 30.6. The van der Waals surface area contributed by atoms with Gasteiger partial charge in [0.15, 0.2) is 0 Å². The van der Waals surface area contributed by atoms with Crippen molar-refractivity contribution >= 4 is 0 Å². The first-order valence-electron chi connectivity index (χ1n) is 5.54. The van der Waals surface area contributed by atoms with Gasteiger partial charge < -0.3 is 9.64 Å². The average Bonchev–Trinajstić information content (AvgIpc) is 2.24. The lowest BCUT2D eigenvalue weighted by molar-refractivity contribution is -0.207. The van der Waals surface area contributed by atoms with E-state index in [0.717, 1.165) is 32.5 Å². The highest BCUT2D eigenvalue weighted by Gasteiger charge is 2.45. The second-order valence-electron chi connectivity index (χ2n) is 4.43. The van der Waals surface area contributed by atoms with Crippen molar-refractivity contribution in [1.82, 2.24) is 10.2 Å². The topological polar surface area (TPSA) is 24.5 Å². The molecule has 0 amide bonds. The van der Waals surface area contributed by atoms with E-state index < -0.39 is 18.3 Å². The van der Waals surface area contributed by atoms with Gasteiger partial charge in [-0.2, -0.15) is 0 Å². The van der Waals surface area contributed by atoms with Gasteiger partial charge in [0.25, 0.3) is 5.92 Å². The third-order valence-electron chi connectivity index (χ3n) is 3.34. The zero-order valence-corrected chi connectivity index (χ0v) is 9.06. The summed E-state index contributed by atoms with van der Waals surface area (Å²) in [6.07, 6.45) is 1.60. The standard InChI is InChI=1S/C10H18F2N2O/c1-2-14-5-3-10(4-6-14)13-7-9(11,12)8-15-10/h13H,2-8H2,1H3. The molecule has 0 aromatic carbocycles. The van der Waals surface area contributed by atoms with Crippen LogP contribution in [0.5, 0.6) is 0 Å². The van der Waals surface area contributed by atoms with E-state index in [9.17, 15) is 8.78 Å². The molecule has 0 bridgehead atoms. The van der Waals surface area contributed by atoms with Gasteiger partial charge in [-0.3, -0.25) is 5.32 Å². The molecule has 2 heterocycles. The van der Waals surface area contributed by atoms with Gasteiger partial charge >= 0.3 is 0 Å². The van der Waals surface area contributed by atoms with E-state index in [1.54, 1.807) is 0 Å². The first-order chi connectivity index (χ1) is 7.05. The van der Waals surface area contributed by atoms with Gasteiger partial charge in [-0.15, -0.1) is 0 Å². The fourth-order valence-corrected chi connectivity index (χ4v) is 2.19.